The lowest BCUT2D eigenvalue weighted by atomic mass is 10.1. The second-order valence-corrected chi connectivity index (χ2v) is 3.62. The summed E-state index contributed by atoms with van der Waals surface area (Å²) in [6.45, 7) is 3.52. The largest absolute Gasteiger partial charge is 0.377 e. The zero-order valence-electron chi connectivity index (χ0n) is 8.42. The molecule has 1 aliphatic heterocycles. The van der Waals surface area contributed by atoms with Gasteiger partial charge in [0.1, 0.15) is 6.61 Å². The standard InChI is InChI=1S/C10H19NO2/c1-13-9-10(12)5-8-11-6-3-2-4-7-11/h2-9H2,1H3. The Labute approximate surface area is 80.1 Å². The van der Waals surface area contributed by atoms with Crippen LogP contribution in [-0.4, -0.2) is 44.0 Å². The maximum atomic E-state index is 11.1. The number of hydrogen-bond donors (Lipinski definition) is 0. The van der Waals surface area contributed by atoms with E-state index in [1.165, 1.54) is 32.4 Å². The van der Waals surface area contributed by atoms with Crippen LogP contribution < -0.4 is 0 Å². The maximum absolute atomic E-state index is 11.1. The summed E-state index contributed by atoms with van der Waals surface area (Å²) in [5.74, 6) is 0.216. The van der Waals surface area contributed by atoms with Crippen LogP contribution in [0.1, 0.15) is 25.7 Å². The van der Waals surface area contributed by atoms with Gasteiger partial charge >= 0.3 is 0 Å². The van der Waals surface area contributed by atoms with E-state index in [0.29, 0.717) is 6.42 Å². The van der Waals surface area contributed by atoms with Crippen LogP contribution in [0.4, 0.5) is 0 Å². The van der Waals surface area contributed by atoms with Gasteiger partial charge in [-0.3, -0.25) is 4.79 Å². The highest BCUT2D eigenvalue weighted by Crippen LogP contribution is 2.08. The zero-order chi connectivity index (χ0) is 9.52. The van der Waals surface area contributed by atoms with E-state index < -0.39 is 0 Å². The molecule has 1 saturated heterocycles. The number of hydrogen-bond acceptors (Lipinski definition) is 3. The van der Waals surface area contributed by atoms with Gasteiger partial charge in [0.15, 0.2) is 5.78 Å². The molecule has 0 unspecified atom stereocenters. The van der Waals surface area contributed by atoms with Gasteiger partial charge in [0.05, 0.1) is 0 Å². The van der Waals surface area contributed by atoms with Gasteiger partial charge in [-0.1, -0.05) is 6.42 Å². The highest BCUT2D eigenvalue weighted by atomic mass is 16.5. The Hall–Kier alpha value is -0.410. The molecule has 3 heteroatoms. The minimum Gasteiger partial charge on any atom is -0.377 e. The molecule has 0 atom stereocenters. The molecule has 1 aliphatic rings. The number of piperidine rings is 1. The van der Waals surface area contributed by atoms with E-state index in [0.717, 1.165) is 6.54 Å². The number of nitrogens with zero attached hydrogens (tertiary/aromatic N) is 1. The number of Topliss-reactive ketones (excluding diaryl/α,β-unsaturated/α-hetero) is 1. The molecule has 1 rings (SSSR count). The molecule has 0 radical (unpaired) electrons. The Morgan fingerprint density at radius 1 is 1.31 bits per heavy atom. The summed E-state index contributed by atoms with van der Waals surface area (Å²) in [5.41, 5.74) is 0. The van der Waals surface area contributed by atoms with Gasteiger partial charge in [-0.15, -0.1) is 0 Å². The molecule has 1 fully saturated rings. The number of ketones is 1. The van der Waals surface area contributed by atoms with Crippen molar-refractivity contribution in [2.24, 2.45) is 0 Å². The molecule has 76 valence electrons. The first kappa shape index (κ1) is 10.7. The minimum atomic E-state index is 0.216. The van der Waals surface area contributed by atoms with Crippen molar-refractivity contribution in [3.8, 4) is 0 Å². The second kappa shape index (κ2) is 6.11. The second-order valence-electron chi connectivity index (χ2n) is 3.62. The molecule has 0 aromatic heterocycles. The molecule has 0 aliphatic carbocycles. The van der Waals surface area contributed by atoms with E-state index >= 15 is 0 Å². The Kier molecular flexibility index (Phi) is 5.01. The lowest BCUT2D eigenvalue weighted by molar-refractivity contribution is -0.123. The number of carbonyl (C=O) groups is 1. The fourth-order valence-corrected chi connectivity index (χ4v) is 1.70. The third-order valence-corrected chi connectivity index (χ3v) is 2.46. The third kappa shape index (κ3) is 4.39. The van der Waals surface area contributed by atoms with E-state index in [-0.39, 0.29) is 12.4 Å². The van der Waals surface area contributed by atoms with Crippen LogP contribution >= 0.6 is 0 Å². The number of carbonyl (C=O) groups excluding carboxylic acids is 1. The summed E-state index contributed by atoms with van der Waals surface area (Å²) in [6.07, 6.45) is 4.58. The summed E-state index contributed by atoms with van der Waals surface area (Å²) in [6, 6.07) is 0. The van der Waals surface area contributed by atoms with Crippen LogP contribution in [0.2, 0.25) is 0 Å². The monoisotopic (exact) mass is 185 g/mol. The summed E-state index contributed by atoms with van der Waals surface area (Å²) in [4.78, 5) is 13.5. The van der Waals surface area contributed by atoms with Crippen molar-refractivity contribution in [3.63, 3.8) is 0 Å². The molecule has 0 amide bonds. The quantitative estimate of drug-likeness (QED) is 0.642. The van der Waals surface area contributed by atoms with Crippen molar-refractivity contribution in [2.75, 3.05) is 33.4 Å². The Morgan fingerprint density at radius 3 is 2.62 bits per heavy atom. The Bertz CT molecular complexity index is 153. The van der Waals surface area contributed by atoms with E-state index in [2.05, 4.69) is 4.90 Å². The molecule has 0 aromatic carbocycles. The van der Waals surface area contributed by atoms with Gasteiger partial charge in [0.2, 0.25) is 0 Å². The van der Waals surface area contributed by atoms with Gasteiger partial charge in [0.25, 0.3) is 0 Å². The number of methoxy groups -OCH3 is 1. The van der Waals surface area contributed by atoms with Crippen molar-refractivity contribution in [2.45, 2.75) is 25.7 Å². The lowest BCUT2D eigenvalue weighted by Gasteiger charge is -2.25. The van der Waals surface area contributed by atoms with E-state index in [1.54, 1.807) is 7.11 Å². The highest BCUT2D eigenvalue weighted by Gasteiger charge is 2.11. The van der Waals surface area contributed by atoms with Crippen LogP contribution in [0.3, 0.4) is 0 Å². The predicted octanol–water partition coefficient (Wildman–Crippen LogP) is 1.08. The molecule has 13 heavy (non-hydrogen) atoms. The van der Waals surface area contributed by atoms with Crippen LogP contribution in [0.25, 0.3) is 0 Å². The third-order valence-electron chi connectivity index (χ3n) is 2.46. The van der Waals surface area contributed by atoms with Crippen LogP contribution in [0.5, 0.6) is 0 Å². The van der Waals surface area contributed by atoms with Gasteiger partial charge < -0.3 is 9.64 Å². The molecule has 0 aromatic rings. The molecule has 0 N–H and O–H groups in total. The fraction of sp³-hybridized carbons (Fsp3) is 0.900. The normalized spacial score (nSPS) is 18.8. The smallest absolute Gasteiger partial charge is 0.159 e. The average molecular weight is 185 g/mol. The predicted molar refractivity (Wildman–Crippen MR) is 51.8 cm³/mol. The first-order chi connectivity index (χ1) is 6.33. The van der Waals surface area contributed by atoms with Gasteiger partial charge in [0, 0.05) is 20.1 Å². The average Bonchev–Trinajstić information content (AvgIpc) is 2.17. The van der Waals surface area contributed by atoms with Gasteiger partial charge in [-0.2, -0.15) is 0 Å². The fourth-order valence-electron chi connectivity index (χ4n) is 1.70. The minimum absolute atomic E-state index is 0.216. The van der Waals surface area contributed by atoms with Crippen LogP contribution in [0.15, 0.2) is 0 Å². The molecule has 0 saturated carbocycles. The lowest BCUT2D eigenvalue weighted by Crippen LogP contribution is -2.32. The summed E-state index contributed by atoms with van der Waals surface area (Å²) >= 11 is 0. The molecule has 0 spiro atoms. The molecule has 1 heterocycles. The molecule has 0 bridgehead atoms. The van der Waals surface area contributed by atoms with E-state index in [4.69, 9.17) is 4.74 Å². The molecular weight excluding hydrogens is 166 g/mol. The summed E-state index contributed by atoms with van der Waals surface area (Å²) in [5, 5.41) is 0. The summed E-state index contributed by atoms with van der Waals surface area (Å²) < 4.78 is 4.78. The number of likely N-dealkylation sites (tertiary alicyclic amines) is 1. The van der Waals surface area contributed by atoms with Crippen molar-refractivity contribution in [1.82, 2.24) is 4.90 Å². The SMILES string of the molecule is COCC(=O)CCN1CCCCC1. The Balaban J connectivity index is 2.06. The first-order valence-corrected chi connectivity index (χ1v) is 5.06. The summed E-state index contributed by atoms with van der Waals surface area (Å²) in [7, 11) is 1.57. The van der Waals surface area contributed by atoms with Crippen molar-refractivity contribution in [1.29, 1.82) is 0 Å². The van der Waals surface area contributed by atoms with Crippen molar-refractivity contribution < 1.29 is 9.53 Å². The number of ether oxygens (including phenoxy) is 1. The number of rotatable bonds is 5. The highest BCUT2D eigenvalue weighted by molar-refractivity contribution is 5.79. The van der Waals surface area contributed by atoms with Crippen LogP contribution in [0, 0.1) is 0 Å². The maximum Gasteiger partial charge on any atom is 0.159 e. The van der Waals surface area contributed by atoms with Crippen LogP contribution in [-0.2, 0) is 9.53 Å². The molecule has 3 nitrogen and oxygen atoms in total. The van der Waals surface area contributed by atoms with Gasteiger partial charge in [-0.05, 0) is 25.9 Å². The zero-order valence-corrected chi connectivity index (χ0v) is 8.42. The molecular formula is C10H19NO2. The van der Waals surface area contributed by atoms with E-state index in [9.17, 15) is 4.79 Å². The topological polar surface area (TPSA) is 29.5 Å². The van der Waals surface area contributed by atoms with Gasteiger partial charge in [-0.25, -0.2) is 0 Å². The van der Waals surface area contributed by atoms with Crippen molar-refractivity contribution >= 4 is 5.78 Å². The first-order valence-electron chi connectivity index (χ1n) is 5.06. The Morgan fingerprint density at radius 2 is 2.00 bits per heavy atom. The van der Waals surface area contributed by atoms with Crippen molar-refractivity contribution in [3.05, 3.63) is 0 Å². The van der Waals surface area contributed by atoms with E-state index in [1.807, 2.05) is 0 Å².